The Bertz CT molecular complexity index is 768. The van der Waals surface area contributed by atoms with Crippen molar-refractivity contribution in [2.24, 2.45) is 0 Å². The number of aromatic nitrogens is 1. The van der Waals surface area contributed by atoms with Crippen LogP contribution >= 0.6 is 0 Å². The van der Waals surface area contributed by atoms with Gasteiger partial charge in [-0.2, -0.15) is 0 Å². The summed E-state index contributed by atoms with van der Waals surface area (Å²) in [5, 5.41) is 0. The minimum Gasteiger partial charge on any atom is -0.371 e. The molecule has 2 nitrogen and oxygen atoms in total. The van der Waals surface area contributed by atoms with Gasteiger partial charge in [-0.15, -0.1) is 0 Å². The van der Waals surface area contributed by atoms with Crippen molar-refractivity contribution in [1.82, 2.24) is 4.98 Å². The zero-order valence-corrected chi connectivity index (χ0v) is 12.9. The van der Waals surface area contributed by atoms with Crippen molar-refractivity contribution in [1.29, 1.82) is 0 Å². The number of nitrogens with zero attached hydrogens (tertiary/aromatic N) is 2. The molecule has 2 aromatic rings. The monoisotopic (exact) mass is 312 g/mol. The summed E-state index contributed by atoms with van der Waals surface area (Å²) in [6.07, 6.45) is 4.33. The fourth-order valence-corrected chi connectivity index (χ4v) is 3.88. The van der Waals surface area contributed by atoms with Crippen LogP contribution in [0.2, 0.25) is 0 Å². The fraction of sp³-hybridized carbons (Fsp3) is 0.368. The van der Waals surface area contributed by atoms with E-state index in [9.17, 15) is 8.78 Å². The van der Waals surface area contributed by atoms with Crippen LogP contribution in [0, 0.1) is 18.6 Å². The molecule has 4 rings (SSSR count). The lowest BCUT2D eigenvalue weighted by Gasteiger charge is -2.38. The number of benzene rings is 1. The van der Waals surface area contributed by atoms with Crippen LogP contribution in [0.1, 0.15) is 29.7 Å². The molecule has 3 heterocycles. The number of pyridine rings is 1. The third kappa shape index (κ3) is 2.32. The van der Waals surface area contributed by atoms with Crippen molar-refractivity contribution in [3.05, 3.63) is 53.6 Å². The van der Waals surface area contributed by atoms with E-state index < -0.39 is 11.6 Å². The maximum atomic E-state index is 14.3. The molecule has 0 saturated carbocycles. The van der Waals surface area contributed by atoms with Crippen LogP contribution in [0.5, 0.6) is 0 Å². The Labute approximate surface area is 135 Å². The summed E-state index contributed by atoms with van der Waals surface area (Å²) in [6.45, 7) is 7.96. The highest BCUT2D eigenvalue weighted by molar-refractivity contribution is 5.76. The largest absolute Gasteiger partial charge is 0.371 e. The molecule has 2 aliphatic heterocycles. The number of halogens is 2. The van der Waals surface area contributed by atoms with Crippen LogP contribution in [0.15, 0.2) is 18.2 Å². The van der Waals surface area contributed by atoms with Gasteiger partial charge in [-0.25, -0.2) is 8.78 Å². The maximum Gasteiger partial charge on any atom is 0.135 e. The van der Waals surface area contributed by atoms with Crippen molar-refractivity contribution in [2.45, 2.75) is 32.1 Å². The number of hydrogen-bond donors (Lipinski definition) is 0. The predicted octanol–water partition coefficient (Wildman–Crippen LogP) is 3.98. The van der Waals surface area contributed by atoms with Gasteiger partial charge in [-0.05, 0) is 56.7 Å². The Morgan fingerprint density at radius 1 is 1.09 bits per heavy atom. The van der Waals surface area contributed by atoms with Crippen molar-refractivity contribution in [2.75, 3.05) is 18.0 Å². The van der Waals surface area contributed by atoms with Gasteiger partial charge in [0.05, 0.1) is 5.69 Å². The molecular formula is C19H18F2N2. The van der Waals surface area contributed by atoms with E-state index in [2.05, 4.69) is 4.90 Å². The van der Waals surface area contributed by atoms with Crippen molar-refractivity contribution < 1.29 is 8.78 Å². The zero-order valence-electron chi connectivity index (χ0n) is 12.9. The summed E-state index contributed by atoms with van der Waals surface area (Å²) < 4.78 is 27.6. The molecule has 1 aromatic carbocycles. The van der Waals surface area contributed by atoms with E-state index in [1.165, 1.54) is 23.4 Å². The molecule has 0 fully saturated rings. The first-order chi connectivity index (χ1) is 11.2. The Hall–Kier alpha value is -1.97. The molecule has 0 amide bonds. The second-order valence-corrected chi connectivity index (χ2v) is 6.24. The lowest BCUT2D eigenvalue weighted by molar-refractivity contribution is 0.584. The highest BCUT2D eigenvalue weighted by atomic mass is 19.1. The number of hydrogen-bond acceptors (Lipinski definition) is 2. The van der Waals surface area contributed by atoms with E-state index in [-0.39, 0.29) is 0 Å². The summed E-state index contributed by atoms with van der Waals surface area (Å²) in [5.74, 6) is -1.14. The zero-order chi connectivity index (χ0) is 16.0. The van der Waals surface area contributed by atoms with Gasteiger partial charge in [0.2, 0.25) is 0 Å². The SMILES string of the molecule is [CH]Cc1nc(-c2ccc(F)cc2F)c2c3c1CCCN3CCC2. The first-order valence-corrected chi connectivity index (χ1v) is 8.14. The Balaban J connectivity index is 1.99. The summed E-state index contributed by atoms with van der Waals surface area (Å²) in [4.78, 5) is 7.07. The second kappa shape index (κ2) is 5.59. The van der Waals surface area contributed by atoms with Gasteiger partial charge < -0.3 is 4.90 Å². The molecule has 0 atom stereocenters. The van der Waals surface area contributed by atoms with Crippen LogP contribution in [0.25, 0.3) is 11.3 Å². The molecule has 23 heavy (non-hydrogen) atoms. The molecular weight excluding hydrogens is 294 g/mol. The maximum absolute atomic E-state index is 14.3. The average Bonchev–Trinajstić information content (AvgIpc) is 2.56. The molecule has 0 aliphatic carbocycles. The minimum absolute atomic E-state index is 0.340. The Morgan fingerprint density at radius 3 is 2.52 bits per heavy atom. The van der Waals surface area contributed by atoms with E-state index in [1.807, 2.05) is 0 Å². The lowest BCUT2D eigenvalue weighted by Crippen LogP contribution is -2.35. The van der Waals surface area contributed by atoms with Gasteiger partial charge in [-0.1, -0.05) is 0 Å². The van der Waals surface area contributed by atoms with Crippen LogP contribution in [-0.2, 0) is 19.3 Å². The van der Waals surface area contributed by atoms with Crippen molar-refractivity contribution in [3.8, 4) is 11.3 Å². The van der Waals surface area contributed by atoms with E-state index in [1.54, 1.807) is 0 Å². The van der Waals surface area contributed by atoms with Crippen molar-refractivity contribution in [3.63, 3.8) is 0 Å². The van der Waals surface area contributed by atoms with Gasteiger partial charge in [0, 0.05) is 41.7 Å². The highest BCUT2D eigenvalue weighted by Gasteiger charge is 2.29. The number of rotatable bonds is 2. The molecule has 2 radical (unpaired) electrons. The molecule has 4 heteroatoms. The predicted molar refractivity (Wildman–Crippen MR) is 86.4 cm³/mol. The third-order valence-corrected chi connectivity index (χ3v) is 4.86. The molecule has 0 saturated heterocycles. The topological polar surface area (TPSA) is 16.1 Å². The molecule has 0 unspecified atom stereocenters. The van der Waals surface area contributed by atoms with Crippen molar-refractivity contribution >= 4 is 5.69 Å². The highest BCUT2D eigenvalue weighted by Crippen LogP contribution is 2.41. The third-order valence-electron chi connectivity index (χ3n) is 4.86. The molecule has 118 valence electrons. The van der Waals surface area contributed by atoms with E-state index in [4.69, 9.17) is 11.9 Å². The molecule has 0 bridgehead atoms. The fourth-order valence-electron chi connectivity index (χ4n) is 3.88. The summed E-state index contributed by atoms with van der Waals surface area (Å²) in [5.41, 5.74) is 5.36. The van der Waals surface area contributed by atoms with Crippen LogP contribution in [0.4, 0.5) is 14.5 Å². The summed E-state index contributed by atoms with van der Waals surface area (Å²) in [7, 11) is 0. The summed E-state index contributed by atoms with van der Waals surface area (Å²) >= 11 is 0. The number of anilines is 1. The van der Waals surface area contributed by atoms with Crippen LogP contribution in [0.3, 0.4) is 0 Å². The molecule has 0 N–H and O–H groups in total. The molecule has 1 aromatic heterocycles. The van der Waals surface area contributed by atoms with Gasteiger partial charge in [0.25, 0.3) is 0 Å². The quantitative estimate of drug-likeness (QED) is 0.834. The van der Waals surface area contributed by atoms with Gasteiger partial charge in [0.1, 0.15) is 11.6 Å². The van der Waals surface area contributed by atoms with E-state index in [0.717, 1.165) is 56.1 Å². The van der Waals surface area contributed by atoms with Gasteiger partial charge in [0.15, 0.2) is 0 Å². The van der Waals surface area contributed by atoms with Gasteiger partial charge in [-0.3, -0.25) is 4.98 Å². The molecule has 0 spiro atoms. The molecule has 2 aliphatic rings. The second-order valence-electron chi connectivity index (χ2n) is 6.24. The Morgan fingerprint density at radius 2 is 1.83 bits per heavy atom. The smallest absolute Gasteiger partial charge is 0.135 e. The lowest BCUT2D eigenvalue weighted by atomic mass is 9.88. The van der Waals surface area contributed by atoms with Crippen LogP contribution < -0.4 is 4.90 Å². The van der Waals surface area contributed by atoms with Gasteiger partial charge >= 0.3 is 0 Å². The average molecular weight is 312 g/mol. The normalized spacial score (nSPS) is 16.4. The van der Waals surface area contributed by atoms with Crippen LogP contribution in [-0.4, -0.2) is 18.1 Å². The standard InChI is InChI=1S/C19H18F2N2/c1-2-17-14-5-3-9-23-10-4-6-15(19(14)23)18(22-17)13-8-7-12(20)11-16(13)21/h1,7-8,11H,2-6,9-10H2. The first kappa shape index (κ1) is 14.6. The Kier molecular flexibility index (Phi) is 3.55. The van der Waals surface area contributed by atoms with E-state index in [0.29, 0.717) is 17.7 Å². The first-order valence-electron chi connectivity index (χ1n) is 8.14. The van der Waals surface area contributed by atoms with E-state index >= 15 is 0 Å². The summed E-state index contributed by atoms with van der Waals surface area (Å²) in [6, 6.07) is 3.69. The minimum atomic E-state index is -0.571.